The number of amides is 1. The SMILES string of the molecule is CCCc1ccc(N(C)C(=O)CCC(=O)O)cc1. The van der Waals surface area contributed by atoms with E-state index in [0.29, 0.717) is 0 Å². The van der Waals surface area contributed by atoms with Crippen molar-refractivity contribution in [2.45, 2.75) is 32.6 Å². The Morgan fingerprint density at radius 3 is 2.28 bits per heavy atom. The van der Waals surface area contributed by atoms with Gasteiger partial charge in [0, 0.05) is 19.2 Å². The van der Waals surface area contributed by atoms with Crippen molar-refractivity contribution >= 4 is 17.6 Å². The third-order valence-electron chi connectivity index (χ3n) is 2.79. The minimum absolute atomic E-state index is 0.0303. The van der Waals surface area contributed by atoms with Crippen LogP contribution in [0.5, 0.6) is 0 Å². The molecule has 0 aliphatic rings. The fraction of sp³-hybridized carbons (Fsp3) is 0.429. The van der Waals surface area contributed by atoms with Crippen LogP contribution >= 0.6 is 0 Å². The largest absolute Gasteiger partial charge is 0.481 e. The highest BCUT2D eigenvalue weighted by Crippen LogP contribution is 2.16. The molecule has 1 N–H and O–H groups in total. The molecule has 0 aliphatic carbocycles. The van der Waals surface area contributed by atoms with Gasteiger partial charge in [0.2, 0.25) is 5.91 Å². The van der Waals surface area contributed by atoms with Crippen molar-refractivity contribution in [3.8, 4) is 0 Å². The van der Waals surface area contributed by atoms with Gasteiger partial charge in [-0.3, -0.25) is 9.59 Å². The summed E-state index contributed by atoms with van der Waals surface area (Å²) in [7, 11) is 1.67. The lowest BCUT2D eigenvalue weighted by Crippen LogP contribution is -2.26. The lowest BCUT2D eigenvalue weighted by Gasteiger charge is -2.17. The molecule has 98 valence electrons. The van der Waals surface area contributed by atoms with E-state index in [4.69, 9.17) is 5.11 Å². The van der Waals surface area contributed by atoms with Gasteiger partial charge in [-0.15, -0.1) is 0 Å². The summed E-state index contributed by atoms with van der Waals surface area (Å²) in [6.07, 6.45) is 2.02. The minimum atomic E-state index is -0.949. The standard InChI is InChI=1S/C14H19NO3/c1-3-4-11-5-7-12(8-6-11)15(2)13(16)9-10-14(17)18/h5-8H,3-4,9-10H2,1-2H3,(H,17,18). The van der Waals surface area contributed by atoms with Gasteiger partial charge in [-0.2, -0.15) is 0 Å². The maximum Gasteiger partial charge on any atom is 0.303 e. The van der Waals surface area contributed by atoms with Crippen LogP contribution in [0.15, 0.2) is 24.3 Å². The van der Waals surface area contributed by atoms with Crippen molar-refractivity contribution in [1.82, 2.24) is 0 Å². The molecular formula is C14H19NO3. The lowest BCUT2D eigenvalue weighted by atomic mass is 10.1. The Bertz CT molecular complexity index is 412. The molecule has 0 radical (unpaired) electrons. The summed E-state index contributed by atoms with van der Waals surface area (Å²) in [4.78, 5) is 23.6. The van der Waals surface area contributed by atoms with E-state index in [9.17, 15) is 9.59 Å². The highest BCUT2D eigenvalue weighted by molar-refractivity contribution is 5.94. The third-order valence-corrected chi connectivity index (χ3v) is 2.79. The van der Waals surface area contributed by atoms with Crippen LogP contribution in [-0.2, 0) is 16.0 Å². The van der Waals surface area contributed by atoms with E-state index in [1.165, 1.54) is 10.5 Å². The maximum absolute atomic E-state index is 11.7. The summed E-state index contributed by atoms with van der Waals surface area (Å²) in [5.74, 6) is -1.13. The second-order valence-electron chi connectivity index (χ2n) is 4.26. The van der Waals surface area contributed by atoms with E-state index >= 15 is 0 Å². The van der Waals surface area contributed by atoms with Gasteiger partial charge in [0.15, 0.2) is 0 Å². The lowest BCUT2D eigenvalue weighted by molar-refractivity contribution is -0.138. The maximum atomic E-state index is 11.7. The monoisotopic (exact) mass is 249 g/mol. The van der Waals surface area contributed by atoms with E-state index in [2.05, 4.69) is 6.92 Å². The number of benzene rings is 1. The van der Waals surface area contributed by atoms with Gasteiger partial charge in [0.25, 0.3) is 0 Å². The molecule has 0 spiro atoms. The molecule has 1 aromatic rings. The normalized spacial score (nSPS) is 10.1. The zero-order valence-corrected chi connectivity index (χ0v) is 10.8. The van der Waals surface area contributed by atoms with Crippen LogP contribution in [0.1, 0.15) is 31.7 Å². The second-order valence-corrected chi connectivity index (χ2v) is 4.26. The molecule has 0 aliphatic heterocycles. The van der Waals surface area contributed by atoms with Crippen LogP contribution in [0, 0.1) is 0 Å². The summed E-state index contributed by atoms with van der Waals surface area (Å²) in [5.41, 5.74) is 2.04. The van der Waals surface area contributed by atoms with Gasteiger partial charge in [-0.25, -0.2) is 0 Å². The summed E-state index contributed by atoms with van der Waals surface area (Å²) in [5, 5.41) is 8.54. The van der Waals surface area contributed by atoms with Crippen LogP contribution in [0.25, 0.3) is 0 Å². The van der Waals surface area contributed by atoms with Crippen LogP contribution in [-0.4, -0.2) is 24.0 Å². The topological polar surface area (TPSA) is 57.6 Å². The molecule has 1 rings (SSSR count). The molecule has 0 saturated heterocycles. The Hall–Kier alpha value is -1.84. The molecule has 4 heteroatoms. The smallest absolute Gasteiger partial charge is 0.303 e. The van der Waals surface area contributed by atoms with Gasteiger partial charge in [-0.1, -0.05) is 25.5 Å². The Morgan fingerprint density at radius 1 is 1.17 bits per heavy atom. The zero-order valence-electron chi connectivity index (χ0n) is 10.8. The highest BCUT2D eigenvalue weighted by Gasteiger charge is 2.12. The number of hydrogen-bond acceptors (Lipinski definition) is 2. The number of nitrogens with zero attached hydrogens (tertiary/aromatic N) is 1. The number of aryl methyl sites for hydroxylation is 1. The number of carboxylic acids is 1. The van der Waals surface area contributed by atoms with Crippen LogP contribution in [0.4, 0.5) is 5.69 Å². The first-order valence-electron chi connectivity index (χ1n) is 6.12. The molecule has 1 amide bonds. The molecule has 0 atom stereocenters. The number of carbonyl (C=O) groups is 2. The average molecular weight is 249 g/mol. The van der Waals surface area contributed by atoms with Gasteiger partial charge in [-0.05, 0) is 24.1 Å². The average Bonchev–Trinajstić information content (AvgIpc) is 2.36. The molecule has 0 saturated carbocycles. The fourth-order valence-electron chi connectivity index (χ4n) is 1.70. The Balaban J connectivity index is 2.62. The van der Waals surface area contributed by atoms with E-state index in [1.807, 2.05) is 24.3 Å². The van der Waals surface area contributed by atoms with Gasteiger partial charge >= 0.3 is 5.97 Å². The van der Waals surface area contributed by atoms with Crippen LogP contribution in [0.3, 0.4) is 0 Å². The molecule has 0 bridgehead atoms. The Morgan fingerprint density at radius 2 is 1.78 bits per heavy atom. The molecule has 0 fully saturated rings. The van der Waals surface area contributed by atoms with Gasteiger partial charge < -0.3 is 10.0 Å². The molecule has 18 heavy (non-hydrogen) atoms. The number of anilines is 1. The van der Waals surface area contributed by atoms with E-state index in [0.717, 1.165) is 18.5 Å². The van der Waals surface area contributed by atoms with Gasteiger partial charge in [0.1, 0.15) is 0 Å². The molecule has 1 aromatic carbocycles. The minimum Gasteiger partial charge on any atom is -0.481 e. The Labute approximate surface area is 107 Å². The summed E-state index contributed by atoms with van der Waals surface area (Å²) in [6.45, 7) is 2.12. The van der Waals surface area contributed by atoms with Crippen molar-refractivity contribution in [3.05, 3.63) is 29.8 Å². The summed E-state index contributed by atoms with van der Waals surface area (Å²) >= 11 is 0. The van der Waals surface area contributed by atoms with Crippen molar-refractivity contribution < 1.29 is 14.7 Å². The van der Waals surface area contributed by atoms with Crippen LogP contribution < -0.4 is 4.90 Å². The zero-order chi connectivity index (χ0) is 13.5. The quantitative estimate of drug-likeness (QED) is 0.842. The molecular weight excluding hydrogens is 230 g/mol. The van der Waals surface area contributed by atoms with Crippen molar-refractivity contribution in [2.75, 3.05) is 11.9 Å². The molecule has 0 heterocycles. The first kappa shape index (κ1) is 14.2. The summed E-state index contributed by atoms with van der Waals surface area (Å²) < 4.78 is 0. The van der Waals surface area contributed by atoms with Crippen molar-refractivity contribution in [1.29, 1.82) is 0 Å². The second kappa shape index (κ2) is 6.79. The fourth-order valence-corrected chi connectivity index (χ4v) is 1.70. The molecule has 4 nitrogen and oxygen atoms in total. The van der Waals surface area contributed by atoms with Gasteiger partial charge in [0.05, 0.1) is 6.42 Å². The predicted molar refractivity (Wildman–Crippen MR) is 70.7 cm³/mol. The highest BCUT2D eigenvalue weighted by atomic mass is 16.4. The van der Waals surface area contributed by atoms with Crippen molar-refractivity contribution in [2.24, 2.45) is 0 Å². The first-order chi connectivity index (χ1) is 8.54. The van der Waals surface area contributed by atoms with Crippen LogP contribution in [0.2, 0.25) is 0 Å². The van der Waals surface area contributed by atoms with Crippen molar-refractivity contribution in [3.63, 3.8) is 0 Å². The Kier molecular flexibility index (Phi) is 5.36. The number of carbonyl (C=O) groups excluding carboxylic acids is 1. The number of aliphatic carboxylic acids is 1. The summed E-state index contributed by atoms with van der Waals surface area (Å²) in [6, 6.07) is 7.78. The van der Waals surface area contributed by atoms with E-state index in [1.54, 1.807) is 7.05 Å². The van der Waals surface area contributed by atoms with E-state index < -0.39 is 5.97 Å². The number of rotatable bonds is 6. The van der Waals surface area contributed by atoms with E-state index in [-0.39, 0.29) is 18.7 Å². The number of carboxylic acid groups (broad SMARTS) is 1. The molecule has 0 unspecified atom stereocenters. The first-order valence-corrected chi connectivity index (χ1v) is 6.12. The molecule has 0 aromatic heterocycles. The number of hydrogen-bond donors (Lipinski definition) is 1. The third kappa shape index (κ3) is 4.20. The predicted octanol–water partition coefficient (Wildman–Crippen LogP) is 2.47.